The molecule has 0 spiro atoms. The van der Waals surface area contributed by atoms with E-state index in [0.29, 0.717) is 35.1 Å². The molecule has 31 heavy (non-hydrogen) atoms. The van der Waals surface area contributed by atoms with Gasteiger partial charge in [0, 0.05) is 24.7 Å². The Morgan fingerprint density at radius 2 is 1.74 bits per heavy atom. The lowest BCUT2D eigenvalue weighted by molar-refractivity contribution is -0.120. The smallest absolute Gasteiger partial charge is 0.282 e. The summed E-state index contributed by atoms with van der Waals surface area (Å²) in [6.07, 6.45) is 1.78. The molecule has 4 rings (SSSR count). The monoisotopic (exact) mass is 438 g/mol. The molecule has 2 aliphatic heterocycles. The van der Waals surface area contributed by atoms with Crippen LogP contribution in [0.5, 0.6) is 0 Å². The van der Waals surface area contributed by atoms with Crippen LogP contribution in [0.25, 0.3) is 5.57 Å². The number of piperidine rings is 1. The molecule has 1 saturated heterocycles. The first-order valence-corrected chi connectivity index (χ1v) is 11.0. The SMILES string of the molecule is Cc1ccc(C2=C(N3CCCC(CO)C3)C(=O)N(c3ccc(C)c(Cl)c3)C2=O)cc1C. The maximum Gasteiger partial charge on any atom is 0.282 e. The lowest BCUT2D eigenvalue weighted by Crippen LogP contribution is -2.40. The van der Waals surface area contributed by atoms with Crippen LogP contribution in [0.1, 0.15) is 35.1 Å². The molecule has 1 unspecified atom stereocenters. The lowest BCUT2D eigenvalue weighted by Gasteiger charge is -2.34. The van der Waals surface area contributed by atoms with Gasteiger partial charge in [0.2, 0.25) is 0 Å². The summed E-state index contributed by atoms with van der Waals surface area (Å²) >= 11 is 6.30. The topological polar surface area (TPSA) is 60.9 Å². The molecular weight excluding hydrogens is 412 g/mol. The number of benzene rings is 2. The van der Waals surface area contributed by atoms with E-state index in [2.05, 4.69) is 0 Å². The van der Waals surface area contributed by atoms with Gasteiger partial charge in [-0.3, -0.25) is 9.59 Å². The number of carbonyl (C=O) groups is 2. The number of aliphatic hydroxyl groups excluding tert-OH is 1. The van der Waals surface area contributed by atoms with Crippen LogP contribution in [-0.2, 0) is 9.59 Å². The van der Waals surface area contributed by atoms with Gasteiger partial charge in [-0.2, -0.15) is 0 Å². The fourth-order valence-corrected chi connectivity index (χ4v) is 4.52. The Balaban J connectivity index is 1.84. The van der Waals surface area contributed by atoms with Crippen molar-refractivity contribution >= 4 is 34.7 Å². The van der Waals surface area contributed by atoms with Crippen molar-refractivity contribution < 1.29 is 14.7 Å². The molecule has 0 aromatic heterocycles. The van der Waals surface area contributed by atoms with Crippen molar-refractivity contribution in [3.8, 4) is 0 Å². The highest BCUT2D eigenvalue weighted by molar-refractivity contribution is 6.45. The molecule has 1 atom stereocenters. The zero-order valence-corrected chi connectivity index (χ0v) is 18.9. The maximum atomic E-state index is 13.6. The summed E-state index contributed by atoms with van der Waals surface area (Å²) in [5, 5.41) is 10.2. The van der Waals surface area contributed by atoms with Crippen molar-refractivity contribution in [2.45, 2.75) is 33.6 Å². The van der Waals surface area contributed by atoms with Crippen LogP contribution < -0.4 is 4.90 Å². The molecule has 1 N–H and O–H groups in total. The number of hydrogen-bond donors (Lipinski definition) is 1. The molecule has 1 fully saturated rings. The Morgan fingerprint density at radius 1 is 1.00 bits per heavy atom. The van der Waals surface area contributed by atoms with Crippen LogP contribution >= 0.6 is 11.6 Å². The molecule has 6 heteroatoms. The molecule has 0 bridgehead atoms. The van der Waals surface area contributed by atoms with E-state index >= 15 is 0 Å². The molecule has 5 nitrogen and oxygen atoms in total. The second kappa shape index (κ2) is 8.48. The van der Waals surface area contributed by atoms with Crippen LogP contribution in [0.3, 0.4) is 0 Å². The Bertz CT molecular complexity index is 1090. The summed E-state index contributed by atoms with van der Waals surface area (Å²) in [5.41, 5.74) is 5.12. The summed E-state index contributed by atoms with van der Waals surface area (Å²) in [4.78, 5) is 30.5. The van der Waals surface area contributed by atoms with Crippen molar-refractivity contribution in [1.82, 2.24) is 4.90 Å². The second-order valence-electron chi connectivity index (χ2n) is 8.54. The summed E-state index contributed by atoms with van der Waals surface area (Å²) in [6.45, 7) is 7.21. The van der Waals surface area contributed by atoms with Crippen LogP contribution in [0.15, 0.2) is 42.1 Å². The van der Waals surface area contributed by atoms with E-state index in [1.165, 1.54) is 4.90 Å². The fraction of sp³-hybridized carbons (Fsp3) is 0.360. The average molecular weight is 439 g/mol. The Hall–Kier alpha value is -2.63. The number of rotatable bonds is 4. The van der Waals surface area contributed by atoms with Crippen LogP contribution in [0.2, 0.25) is 5.02 Å². The maximum absolute atomic E-state index is 13.6. The van der Waals surface area contributed by atoms with Gasteiger partial charge in [0.25, 0.3) is 11.8 Å². The van der Waals surface area contributed by atoms with E-state index in [0.717, 1.165) is 35.1 Å². The highest BCUT2D eigenvalue weighted by Gasteiger charge is 2.43. The summed E-state index contributed by atoms with van der Waals surface area (Å²) in [7, 11) is 0. The fourth-order valence-electron chi connectivity index (χ4n) is 4.34. The zero-order valence-electron chi connectivity index (χ0n) is 18.1. The number of amides is 2. The summed E-state index contributed by atoms with van der Waals surface area (Å²) < 4.78 is 0. The lowest BCUT2D eigenvalue weighted by atomic mass is 9.96. The number of aliphatic hydroxyl groups is 1. The van der Waals surface area contributed by atoms with E-state index in [1.807, 2.05) is 49.9 Å². The van der Waals surface area contributed by atoms with Gasteiger partial charge >= 0.3 is 0 Å². The summed E-state index contributed by atoms with van der Waals surface area (Å²) in [5.74, 6) is -0.584. The van der Waals surface area contributed by atoms with E-state index < -0.39 is 0 Å². The number of halogens is 1. The molecule has 2 aliphatic rings. The van der Waals surface area contributed by atoms with Gasteiger partial charge in [0.1, 0.15) is 5.70 Å². The molecule has 162 valence electrons. The van der Waals surface area contributed by atoms with Crippen molar-refractivity contribution in [3.63, 3.8) is 0 Å². The number of imide groups is 1. The van der Waals surface area contributed by atoms with E-state index in [4.69, 9.17) is 11.6 Å². The van der Waals surface area contributed by atoms with Gasteiger partial charge in [-0.1, -0.05) is 35.9 Å². The van der Waals surface area contributed by atoms with Crippen molar-refractivity contribution in [2.75, 3.05) is 24.6 Å². The molecule has 2 amide bonds. The predicted octanol–water partition coefficient (Wildman–Crippen LogP) is 4.25. The largest absolute Gasteiger partial charge is 0.396 e. The van der Waals surface area contributed by atoms with Gasteiger partial charge in [-0.15, -0.1) is 0 Å². The summed E-state index contributed by atoms with van der Waals surface area (Å²) in [6, 6.07) is 11.1. The third-order valence-corrected chi connectivity index (χ3v) is 6.77. The molecule has 0 aliphatic carbocycles. The highest BCUT2D eigenvalue weighted by Crippen LogP contribution is 2.37. The molecular formula is C25H27ClN2O3. The van der Waals surface area contributed by atoms with E-state index in [-0.39, 0.29) is 24.3 Å². The number of hydrogen-bond acceptors (Lipinski definition) is 4. The number of likely N-dealkylation sites (tertiary alicyclic amines) is 1. The number of aryl methyl sites for hydroxylation is 3. The first-order valence-electron chi connectivity index (χ1n) is 10.6. The van der Waals surface area contributed by atoms with Crippen LogP contribution in [0.4, 0.5) is 5.69 Å². The quantitative estimate of drug-likeness (QED) is 0.725. The predicted molar refractivity (Wildman–Crippen MR) is 123 cm³/mol. The third kappa shape index (κ3) is 3.88. The average Bonchev–Trinajstić information content (AvgIpc) is 3.02. The number of nitrogens with zero attached hydrogens (tertiary/aromatic N) is 2. The van der Waals surface area contributed by atoms with Crippen LogP contribution in [-0.4, -0.2) is 41.5 Å². The molecule has 0 radical (unpaired) electrons. The minimum absolute atomic E-state index is 0.0716. The van der Waals surface area contributed by atoms with Gasteiger partial charge < -0.3 is 10.0 Å². The van der Waals surface area contributed by atoms with Crippen molar-refractivity contribution in [2.24, 2.45) is 5.92 Å². The van der Waals surface area contributed by atoms with Gasteiger partial charge in [-0.05, 0) is 73.9 Å². The normalized spacial score (nSPS) is 19.6. The highest BCUT2D eigenvalue weighted by atomic mass is 35.5. The third-order valence-electron chi connectivity index (χ3n) is 6.36. The molecule has 2 heterocycles. The number of anilines is 1. The molecule has 2 aromatic rings. The molecule has 0 saturated carbocycles. The van der Waals surface area contributed by atoms with Gasteiger partial charge in [-0.25, -0.2) is 4.90 Å². The van der Waals surface area contributed by atoms with Gasteiger partial charge in [0.05, 0.1) is 11.3 Å². The zero-order chi connectivity index (χ0) is 22.3. The second-order valence-corrected chi connectivity index (χ2v) is 8.95. The van der Waals surface area contributed by atoms with Crippen molar-refractivity contribution in [3.05, 3.63) is 69.4 Å². The van der Waals surface area contributed by atoms with Gasteiger partial charge in [0.15, 0.2) is 0 Å². The number of carbonyl (C=O) groups excluding carboxylic acids is 2. The Morgan fingerprint density at radius 3 is 2.42 bits per heavy atom. The Labute approximate surface area is 187 Å². The standard InChI is InChI=1S/C25H27ClN2O3/c1-15-6-8-19(11-17(15)3)22-23(27-10-4-5-18(13-27)14-29)25(31)28(24(22)30)20-9-7-16(2)21(26)12-20/h6-9,11-12,18,29H,4-5,10,13-14H2,1-3H3. The molecule has 2 aromatic carbocycles. The van der Waals surface area contributed by atoms with E-state index in [1.54, 1.807) is 12.1 Å². The van der Waals surface area contributed by atoms with E-state index in [9.17, 15) is 14.7 Å². The first-order chi connectivity index (χ1) is 14.8. The Kier molecular flexibility index (Phi) is 5.91. The van der Waals surface area contributed by atoms with Crippen molar-refractivity contribution in [1.29, 1.82) is 0 Å². The first kappa shape index (κ1) is 21.6. The van der Waals surface area contributed by atoms with Crippen LogP contribution in [0, 0.1) is 26.7 Å². The minimum atomic E-state index is -0.339. The minimum Gasteiger partial charge on any atom is -0.396 e.